The maximum atomic E-state index is 11.4. The van der Waals surface area contributed by atoms with E-state index in [1.54, 1.807) is 25.3 Å². The number of carboxylic acid groups (broad SMARTS) is 2. The van der Waals surface area contributed by atoms with Crippen LogP contribution in [0.1, 0.15) is 15.9 Å². The summed E-state index contributed by atoms with van der Waals surface area (Å²) in [6.45, 7) is 3.61. The lowest BCUT2D eigenvalue weighted by Gasteiger charge is -2.38. The molecule has 9 nitrogen and oxygen atoms in total. The van der Waals surface area contributed by atoms with Gasteiger partial charge >= 0.3 is 18.1 Å². The van der Waals surface area contributed by atoms with Gasteiger partial charge in [0.25, 0.3) is 0 Å². The number of aliphatic carboxylic acids is 1. The van der Waals surface area contributed by atoms with E-state index in [9.17, 15) is 23.1 Å². The highest BCUT2D eigenvalue weighted by molar-refractivity contribution is 6.30. The minimum Gasteiger partial charge on any atom is -0.497 e. The fraction of sp³-hybridized carbons (Fsp3) is 0.250. The number of methoxy groups -OCH3 is 1. The van der Waals surface area contributed by atoms with Crippen molar-refractivity contribution < 1.29 is 37.7 Å². The van der Waals surface area contributed by atoms with E-state index in [1.165, 1.54) is 0 Å². The zero-order valence-corrected chi connectivity index (χ0v) is 22.7. The lowest BCUT2D eigenvalue weighted by molar-refractivity contribution is -0.192. The molecule has 0 amide bonds. The van der Waals surface area contributed by atoms with Crippen molar-refractivity contribution in [1.82, 2.24) is 4.90 Å². The highest BCUT2D eigenvalue weighted by atomic mass is 35.5. The number of hydrogen-bond acceptors (Lipinski definition) is 5. The van der Waals surface area contributed by atoms with Gasteiger partial charge in [0, 0.05) is 42.6 Å². The second-order valence-electron chi connectivity index (χ2n) is 8.76. The summed E-state index contributed by atoms with van der Waals surface area (Å²) in [5.74, 6) is -2.23. The predicted octanol–water partition coefficient (Wildman–Crippen LogP) is 5.47. The highest BCUT2D eigenvalue weighted by Gasteiger charge is 2.38. The maximum absolute atomic E-state index is 11.4. The molecule has 1 aliphatic rings. The van der Waals surface area contributed by atoms with Gasteiger partial charge in [0.1, 0.15) is 5.75 Å². The van der Waals surface area contributed by atoms with Crippen LogP contribution in [0.2, 0.25) is 5.02 Å². The van der Waals surface area contributed by atoms with E-state index in [1.807, 2.05) is 48.5 Å². The SMILES string of the molecule is COc1cccc(CN=C(Nc2cccc(C(=O)O)c2)N2CCN(c3cccc(Cl)c3)CC2)c1.O=C(O)C(F)(F)F. The van der Waals surface area contributed by atoms with Gasteiger partial charge in [0.05, 0.1) is 19.2 Å². The summed E-state index contributed by atoms with van der Waals surface area (Å²) in [4.78, 5) is 29.7. The topological polar surface area (TPSA) is 115 Å². The Bertz CT molecular complexity index is 1380. The summed E-state index contributed by atoms with van der Waals surface area (Å²) in [7, 11) is 1.64. The number of anilines is 2. The molecular weight excluding hydrogens is 565 g/mol. The smallest absolute Gasteiger partial charge is 0.490 e. The van der Waals surface area contributed by atoms with Crippen molar-refractivity contribution in [3.63, 3.8) is 0 Å². The minimum absolute atomic E-state index is 0.225. The van der Waals surface area contributed by atoms with Gasteiger partial charge in [-0.25, -0.2) is 14.6 Å². The molecular formula is C28H28ClF3N4O5. The zero-order chi connectivity index (χ0) is 30.0. The van der Waals surface area contributed by atoms with Crippen LogP contribution in [-0.2, 0) is 11.3 Å². The van der Waals surface area contributed by atoms with Gasteiger partial charge in [0.15, 0.2) is 5.96 Å². The van der Waals surface area contributed by atoms with E-state index in [0.717, 1.165) is 48.2 Å². The Balaban J connectivity index is 0.000000587. The molecule has 1 saturated heterocycles. The number of rotatable bonds is 6. The van der Waals surface area contributed by atoms with Gasteiger partial charge in [-0.15, -0.1) is 0 Å². The molecule has 3 aromatic carbocycles. The lowest BCUT2D eigenvalue weighted by Crippen LogP contribution is -2.50. The Morgan fingerprint density at radius 2 is 1.63 bits per heavy atom. The molecule has 0 aliphatic carbocycles. The van der Waals surface area contributed by atoms with E-state index < -0.39 is 18.1 Å². The average Bonchev–Trinajstić information content (AvgIpc) is 2.95. The third kappa shape index (κ3) is 9.60. The van der Waals surface area contributed by atoms with Crippen molar-refractivity contribution in [2.45, 2.75) is 12.7 Å². The summed E-state index contributed by atoms with van der Waals surface area (Å²) in [5, 5.41) is 20.6. The molecule has 1 aliphatic heterocycles. The average molecular weight is 593 g/mol. The van der Waals surface area contributed by atoms with E-state index in [2.05, 4.69) is 21.2 Å². The second-order valence-corrected chi connectivity index (χ2v) is 9.20. The van der Waals surface area contributed by atoms with Crippen LogP contribution in [0.15, 0.2) is 77.8 Å². The molecule has 0 unspecified atom stereocenters. The number of nitrogens with zero attached hydrogens (tertiary/aromatic N) is 3. The first-order chi connectivity index (χ1) is 19.5. The van der Waals surface area contributed by atoms with E-state index in [0.29, 0.717) is 18.2 Å². The zero-order valence-electron chi connectivity index (χ0n) is 21.9. The van der Waals surface area contributed by atoms with E-state index in [4.69, 9.17) is 31.2 Å². The number of benzene rings is 3. The number of aromatic carboxylic acids is 1. The number of alkyl halides is 3. The number of nitrogens with one attached hydrogen (secondary N) is 1. The maximum Gasteiger partial charge on any atom is 0.490 e. The van der Waals surface area contributed by atoms with Crippen LogP contribution in [0.5, 0.6) is 5.75 Å². The fourth-order valence-corrected chi connectivity index (χ4v) is 4.05. The molecule has 0 saturated carbocycles. The molecule has 218 valence electrons. The normalized spacial score (nSPS) is 13.6. The van der Waals surface area contributed by atoms with Crippen LogP contribution >= 0.6 is 11.6 Å². The van der Waals surface area contributed by atoms with Crippen LogP contribution in [0.4, 0.5) is 24.5 Å². The van der Waals surface area contributed by atoms with Crippen molar-refractivity contribution in [2.24, 2.45) is 4.99 Å². The Hall–Kier alpha value is -4.45. The number of carbonyl (C=O) groups is 2. The van der Waals surface area contributed by atoms with Gasteiger partial charge in [-0.2, -0.15) is 13.2 Å². The number of ether oxygens (including phenoxy) is 1. The molecule has 4 rings (SSSR count). The van der Waals surface area contributed by atoms with Crippen LogP contribution in [-0.4, -0.2) is 72.5 Å². The molecule has 3 aromatic rings. The van der Waals surface area contributed by atoms with Gasteiger partial charge in [-0.05, 0) is 54.1 Å². The largest absolute Gasteiger partial charge is 0.497 e. The molecule has 0 aromatic heterocycles. The number of guanidine groups is 1. The third-order valence-electron chi connectivity index (χ3n) is 5.91. The Kier molecular flexibility index (Phi) is 10.8. The summed E-state index contributed by atoms with van der Waals surface area (Å²) >= 11 is 6.17. The van der Waals surface area contributed by atoms with Crippen LogP contribution in [0.25, 0.3) is 0 Å². The molecule has 0 atom stereocenters. The number of halogens is 4. The molecule has 0 spiro atoms. The van der Waals surface area contributed by atoms with E-state index >= 15 is 0 Å². The Morgan fingerprint density at radius 1 is 0.976 bits per heavy atom. The quantitative estimate of drug-likeness (QED) is 0.255. The fourth-order valence-electron chi connectivity index (χ4n) is 3.86. The molecule has 1 heterocycles. The number of hydrogen-bond donors (Lipinski definition) is 3. The summed E-state index contributed by atoms with van der Waals surface area (Å²) in [5.41, 5.74) is 3.03. The molecule has 0 radical (unpaired) electrons. The number of aliphatic imine (C=N–C) groups is 1. The van der Waals surface area contributed by atoms with Crippen molar-refractivity contribution >= 4 is 40.9 Å². The third-order valence-corrected chi connectivity index (χ3v) is 6.14. The van der Waals surface area contributed by atoms with Crippen molar-refractivity contribution in [3.05, 3.63) is 88.9 Å². The van der Waals surface area contributed by atoms with Crippen molar-refractivity contribution in [1.29, 1.82) is 0 Å². The highest BCUT2D eigenvalue weighted by Crippen LogP contribution is 2.22. The minimum atomic E-state index is -5.08. The van der Waals surface area contributed by atoms with E-state index in [-0.39, 0.29) is 5.56 Å². The number of piperazine rings is 1. The molecule has 3 N–H and O–H groups in total. The monoisotopic (exact) mass is 592 g/mol. The summed E-state index contributed by atoms with van der Waals surface area (Å²) in [6.07, 6.45) is -5.08. The van der Waals surface area contributed by atoms with Crippen molar-refractivity contribution in [3.8, 4) is 5.75 Å². The first-order valence-electron chi connectivity index (χ1n) is 12.3. The van der Waals surface area contributed by atoms with Gasteiger partial charge in [-0.1, -0.05) is 35.9 Å². The molecule has 13 heteroatoms. The van der Waals surface area contributed by atoms with Gasteiger partial charge < -0.3 is 30.1 Å². The number of carboxylic acids is 2. The Labute approximate surface area is 239 Å². The standard InChI is InChI=1S/C26H27ClN4O3.C2HF3O2/c1-34-24-10-2-5-19(15-24)18-28-26(29-22-8-3-6-20(16-22)25(32)33)31-13-11-30(12-14-31)23-9-4-7-21(27)17-23;3-2(4,5)1(6)7/h2-10,15-17H,11-14,18H2,1H3,(H,28,29)(H,32,33);(H,6,7). The van der Waals surface area contributed by atoms with Gasteiger partial charge in [-0.3, -0.25) is 0 Å². The first-order valence-corrected chi connectivity index (χ1v) is 12.7. The lowest BCUT2D eigenvalue weighted by atomic mass is 10.2. The molecule has 1 fully saturated rings. The second kappa shape index (κ2) is 14.3. The van der Waals surface area contributed by atoms with Crippen LogP contribution in [0.3, 0.4) is 0 Å². The summed E-state index contributed by atoms with van der Waals surface area (Å²) in [6, 6.07) is 22.4. The van der Waals surface area contributed by atoms with Crippen LogP contribution in [0, 0.1) is 0 Å². The van der Waals surface area contributed by atoms with Gasteiger partial charge in [0.2, 0.25) is 0 Å². The predicted molar refractivity (Wildman–Crippen MR) is 150 cm³/mol. The molecule has 0 bridgehead atoms. The Morgan fingerprint density at radius 3 is 2.24 bits per heavy atom. The molecule has 41 heavy (non-hydrogen) atoms. The first kappa shape index (κ1) is 31.1. The van der Waals surface area contributed by atoms with Crippen LogP contribution < -0.4 is 15.0 Å². The van der Waals surface area contributed by atoms with Crippen molar-refractivity contribution in [2.75, 3.05) is 43.5 Å². The summed E-state index contributed by atoms with van der Waals surface area (Å²) < 4.78 is 37.1.